The van der Waals surface area contributed by atoms with Crippen LogP contribution in [0.3, 0.4) is 0 Å². The summed E-state index contributed by atoms with van der Waals surface area (Å²) in [6.45, 7) is 0.785. The molecule has 0 aromatic carbocycles. The molecule has 0 N–H and O–H groups in total. The van der Waals surface area contributed by atoms with Crippen LogP contribution in [0.25, 0.3) is 0 Å². The van der Waals surface area contributed by atoms with E-state index in [9.17, 15) is 24.0 Å². The van der Waals surface area contributed by atoms with E-state index in [2.05, 4.69) is 0 Å². The van der Waals surface area contributed by atoms with Crippen LogP contribution in [-0.4, -0.2) is 95.7 Å². The van der Waals surface area contributed by atoms with Crippen molar-refractivity contribution in [1.29, 1.82) is 0 Å². The molecule has 2 fully saturated rings. The van der Waals surface area contributed by atoms with Gasteiger partial charge in [0.1, 0.15) is 24.2 Å². The summed E-state index contributed by atoms with van der Waals surface area (Å²) < 4.78 is 33.5. The summed E-state index contributed by atoms with van der Waals surface area (Å²) in [7, 11) is 0. The Morgan fingerprint density at radius 2 is 0.932 bits per heavy atom. The van der Waals surface area contributed by atoms with Gasteiger partial charge in [-0.3, -0.25) is 28.9 Å². The van der Waals surface area contributed by atoms with Crippen molar-refractivity contribution in [3.8, 4) is 0 Å². The minimum atomic E-state index is -0.423. The standard InChI is InChI=1S/C58H89NO11S3/c60-52(33-26-36-59-57(63)55-50-34-35-51(70-50)56(55)58(59)64)67-37-22-16-10-4-1-5-11-19-25-42-73-46-49(69-54(62)32-21-15-9-3-7-13-18-24-41-72-45-48-30-28-39-66-48)43-68-53(61)31-20-14-8-2-6-12-17-23-40-71-44-47-29-27-38-65-47/h27-30,34-35,38-39,49-51,55-56H,1-26,31-33,36-37,40-46H2. The van der Waals surface area contributed by atoms with Crippen LogP contribution in [-0.2, 0) is 54.4 Å². The average Bonchev–Trinajstić information content (AvgIpc) is 4.27. The maximum atomic E-state index is 12.9. The molecule has 0 spiro atoms. The molecule has 2 saturated heterocycles. The van der Waals surface area contributed by atoms with Gasteiger partial charge in [0.2, 0.25) is 11.8 Å². The Labute approximate surface area is 450 Å². The summed E-state index contributed by atoms with van der Waals surface area (Å²) in [6, 6.07) is 7.95. The van der Waals surface area contributed by atoms with Crippen LogP contribution in [0.2, 0.25) is 0 Å². The van der Waals surface area contributed by atoms with Gasteiger partial charge in [-0.05, 0) is 86.5 Å². The first kappa shape index (κ1) is 60.7. The summed E-state index contributed by atoms with van der Waals surface area (Å²) >= 11 is 5.65. The highest BCUT2D eigenvalue weighted by atomic mass is 32.2. The molecule has 5 heterocycles. The Morgan fingerprint density at radius 3 is 1.42 bits per heavy atom. The molecule has 3 aliphatic heterocycles. The van der Waals surface area contributed by atoms with Gasteiger partial charge in [-0.1, -0.05) is 134 Å². The molecule has 0 aliphatic carbocycles. The zero-order valence-corrected chi connectivity index (χ0v) is 46.5. The predicted molar refractivity (Wildman–Crippen MR) is 294 cm³/mol. The van der Waals surface area contributed by atoms with Crippen molar-refractivity contribution in [3.63, 3.8) is 0 Å². The molecule has 410 valence electrons. The van der Waals surface area contributed by atoms with E-state index in [1.165, 1.54) is 106 Å². The number of thioether (sulfide) groups is 3. The molecule has 2 aromatic rings. The first-order chi connectivity index (χ1) is 35.9. The predicted octanol–water partition coefficient (Wildman–Crippen LogP) is 14.0. The van der Waals surface area contributed by atoms with Crippen LogP contribution >= 0.6 is 35.3 Å². The van der Waals surface area contributed by atoms with Gasteiger partial charge in [-0.2, -0.15) is 35.3 Å². The second-order valence-electron chi connectivity index (χ2n) is 20.1. The number of esters is 3. The Morgan fingerprint density at radius 1 is 0.507 bits per heavy atom. The van der Waals surface area contributed by atoms with Crippen molar-refractivity contribution in [2.24, 2.45) is 11.8 Å². The maximum absolute atomic E-state index is 12.9. The van der Waals surface area contributed by atoms with E-state index < -0.39 is 17.9 Å². The van der Waals surface area contributed by atoms with Crippen molar-refractivity contribution < 1.29 is 51.8 Å². The molecule has 15 heteroatoms. The van der Waals surface area contributed by atoms with Crippen molar-refractivity contribution >= 4 is 65.0 Å². The van der Waals surface area contributed by atoms with E-state index in [4.69, 9.17) is 27.8 Å². The number of rotatable bonds is 47. The van der Waals surface area contributed by atoms with E-state index in [1.807, 2.05) is 59.9 Å². The van der Waals surface area contributed by atoms with Gasteiger partial charge in [0.25, 0.3) is 0 Å². The fraction of sp³-hybridized carbons (Fsp3) is 0.741. The number of furan rings is 2. The van der Waals surface area contributed by atoms with Crippen LogP contribution in [0, 0.1) is 11.8 Å². The number of ether oxygens (including phenoxy) is 4. The zero-order valence-electron chi connectivity index (χ0n) is 44.0. The number of carbonyl (C=O) groups excluding carboxylic acids is 5. The van der Waals surface area contributed by atoms with Crippen molar-refractivity contribution in [2.75, 3.05) is 42.8 Å². The number of nitrogens with zero attached hydrogens (tertiary/aromatic N) is 1. The Kier molecular flexibility index (Phi) is 31.9. The second-order valence-corrected chi connectivity index (χ2v) is 23.5. The molecule has 0 radical (unpaired) electrons. The number of amides is 2. The van der Waals surface area contributed by atoms with Crippen molar-refractivity contribution in [1.82, 2.24) is 4.90 Å². The topological polar surface area (TPSA) is 152 Å². The molecule has 5 unspecified atom stereocenters. The van der Waals surface area contributed by atoms with Crippen LogP contribution in [0.15, 0.2) is 57.8 Å². The molecular formula is C58H89NO11S3. The van der Waals surface area contributed by atoms with Gasteiger partial charge >= 0.3 is 17.9 Å². The fourth-order valence-corrected chi connectivity index (χ4v) is 12.6. The third-order valence-corrected chi connectivity index (χ3v) is 17.3. The molecule has 5 atom stereocenters. The zero-order chi connectivity index (χ0) is 51.4. The summed E-state index contributed by atoms with van der Waals surface area (Å²) in [6.07, 6.45) is 36.1. The van der Waals surface area contributed by atoms with Gasteiger partial charge in [0.15, 0.2) is 0 Å². The summed E-state index contributed by atoms with van der Waals surface area (Å²) in [5.74, 6) is 6.14. The van der Waals surface area contributed by atoms with Crippen LogP contribution in [0.4, 0.5) is 0 Å². The molecule has 5 rings (SSSR count). The minimum Gasteiger partial charge on any atom is -0.468 e. The first-order valence-electron chi connectivity index (χ1n) is 28.4. The number of fused-ring (bicyclic) bond motifs is 5. The number of hydrogen-bond donors (Lipinski definition) is 0. The third-order valence-electron chi connectivity index (χ3n) is 14.0. The van der Waals surface area contributed by atoms with Gasteiger partial charge in [-0.25, -0.2) is 0 Å². The highest BCUT2D eigenvalue weighted by Crippen LogP contribution is 2.45. The lowest BCUT2D eigenvalue weighted by Crippen LogP contribution is -2.35. The smallest absolute Gasteiger partial charge is 0.306 e. The summed E-state index contributed by atoms with van der Waals surface area (Å²) in [5.41, 5.74) is 0. The van der Waals surface area contributed by atoms with Crippen LogP contribution in [0.5, 0.6) is 0 Å². The molecule has 0 saturated carbocycles. The minimum absolute atomic E-state index is 0.128. The van der Waals surface area contributed by atoms with Crippen LogP contribution in [0.1, 0.15) is 198 Å². The Hall–Kier alpha value is -3.14. The molecule has 73 heavy (non-hydrogen) atoms. The lowest BCUT2D eigenvalue weighted by molar-refractivity contribution is -0.157. The maximum Gasteiger partial charge on any atom is 0.306 e. The second kappa shape index (κ2) is 38.4. The SMILES string of the molecule is O=C(CCCN1C(=O)C2C3C=CC(O3)C2C1=O)OCCCCCCCCCCCSCC(COC(=O)CCCCCCCCCCSCc1ccco1)OC(=O)CCCCCCCCCCSCc1ccco1. The molecular weight excluding hydrogens is 983 g/mol. The monoisotopic (exact) mass is 1070 g/mol. The largest absolute Gasteiger partial charge is 0.468 e. The Bertz CT molecular complexity index is 1790. The number of hydrogen-bond acceptors (Lipinski definition) is 14. The number of carbonyl (C=O) groups is 5. The number of likely N-dealkylation sites (tertiary alicyclic amines) is 1. The van der Waals surface area contributed by atoms with E-state index in [0.29, 0.717) is 31.6 Å². The van der Waals surface area contributed by atoms with Gasteiger partial charge in [-0.15, -0.1) is 0 Å². The fourth-order valence-electron chi connectivity index (χ4n) is 9.81. The molecule has 2 amide bonds. The molecule has 2 bridgehead atoms. The number of imide groups is 1. The van der Waals surface area contributed by atoms with Crippen molar-refractivity contribution in [3.05, 3.63) is 60.5 Å². The normalized spacial score (nSPS) is 18.2. The molecule has 12 nitrogen and oxygen atoms in total. The molecule has 2 aromatic heterocycles. The van der Waals surface area contributed by atoms with E-state index in [1.54, 1.807) is 24.3 Å². The van der Waals surface area contributed by atoms with E-state index >= 15 is 0 Å². The number of unbranched alkanes of at least 4 members (excludes halogenated alkanes) is 22. The lowest BCUT2D eigenvalue weighted by atomic mass is 9.85. The van der Waals surface area contributed by atoms with E-state index in [0.717, 1.165) is 99.4 Å². The van der Waals surface area contributed by atoms with Gasteiger partial charge in [0, 0.05) is 31.6 Å². The Balaban J connectivity index is 0.824. The summed E-state index contributed by atoms with van der Waals surface area (Å²) in [4.78, 5) is 64.7. The van der Waals surface area contributed by atoms with Crippen molar-refractivity contribution in [2.45, 2.75) is 216 Å². The quantitative estimate of drug-likeness (QED) is 0.0203. The van der Waals surface area contributed by atoms with Gasteiger partial charge < -0.3 is 27.8 Å². The first-order valence-corrected chi connectivity index (χ1v) is 31.8. The average molecular weight is 1070 g/mol. The van der Waals surface area contributed by atoms with Gasteiger partial charge in [0.05, 0.1) is 54.7 Å². The summed E-state index contributed by atoms with van der Waals surface area (Å²) in [5, 5.41) is 0. The van der Waals surface area contributed by atoms with Crippen LogP contribution < -0.4 is 0 Å². The van der Waals surface area contributed by atoms with E-state index in [-0.39, 0.29) is 61.5 Å². The highest BCUT2D eigenvalue weighted by molar-refractivity contribution is 7.99. The molecule has 3 aliphatic rings. The lowest BCUT2D eigenvalue weighted by Gasteiger charge is -2.18. The third kappa shape index (κ3) is 25.5. The highest BCUT2D eigenvalue weighted by Gasteiger charge is 2.60.